The minimum Gasteiger partial charge on any atom is -0.385 e. The molecule has 17 heavy (non-hydrogen) atoms. The SMILES string of the molecule is Cn1ccnc1CC(C)(O)c1ccccc1Cl. The van der Waals surface area contributed by atoms with Crippen LogP contribution in [0, 0.1) is 0 Å². The van der Waals surface area contributed by atoms with Gasteiger partial charge in [-0.3, -0.25) is 0 Å². The van der Waals surface area contributed by atoms with Gasteiger partial charge >= 0.3 is 0 Å². The smallest absolute Gasteiger partial charge is 0.111 e. The van der Waals surface area contributed by atoms with Gasteiger partial charge in [0, 0.05) is 36.4 Å². The van der Waals surface area contributed by atoms with Crippen LogP contribution in [-0.2, 0) is 19.1 Å². The summed E-state index contributed by atoms with van der Waals surface area (Å²) in [6, 6.07) is 7.34. The summed E-state index contributed by atoms with van der Waals surface area (Å²) in [7, 11) is 1.91. The number of aliphatic hydroxyl groups is 1. The predicted octanol–water partition coefficient (Wildman–Crippen LogP) is 2.52. The Morgan fingerprint density at radius 1 is 1.41 bits per heavy atom. The van der Waals surface area contributed by atoms with Crippen molar-refractivity contribution in [1.29, 1.82) is 0 Å². The molecule has 90 valence electrons. The third-order valence-electron chi connectivity index (χ3n) is 2.88. The van der Waals surface area contributed by atoms with E-state index in [0.717, 1.165) is 11.4 Å². The first-order valence-electron chi connectivity index (χ1n) is 5.44. The molecule has 4 heteroatoms. The van der Waals surface area contributed by atoms with Crippen molar-refractivity contribution in [2.24, 2.45) is 7.05 Å². The van der Waals surface area contributed by atoms with Crippen LogP contribution in [0.1, 0.15) is 18.3 Å². The third-order valence-corrected chi connectivity index (χ3v) is 3.21. The van der Waals surface area contributed by atoms with Gasteiger partial charge in [0.1, 0.15) is 5.82 Å². The first-order chi connectivity index (χ1) is 8.00. The molecule has 0 bridgehead atoms. The van der Waals surface area contributed by atoms with Crippen LogP contribution in [0.25, 0.3) is 0 Å². The summed E-state index contributed by atoms with van der Waals surface area (Å²) in [5.74, 6) is 0.829. The second-order valence-electron chi connectivity index (χ2n) is 4.38. The number of nitrogens with zero attached hydrogens (tertiary/aromatic N) is 2. The molecule has 3 nitrogen and oxygen atoms in total. The minimum absolute atomic E-state index is 0.431. The number of benzene rings is 1. The van der Waals surface area contributed by atoms with E-state index in [9.17, 15) is 5.11 Å². The van der Waals surface area contributed by atoms with Crippen LogP contribution in [0.3, 0.4) is 0 Å². The van der Waals surface area contributed by atoms with Gasteiger partial charge in [-0.05, 0) is 13.0 Å². The normalized spacial score (nSPS) is 14.6. The molecule has 0 spiro atoms. The van der Waals surface area contributed by atoms with Gasteiger partial charge in [-0.25, -0.2) is 4.98 Å². The fourth-order valence-electron chi connectivity index (χ4n) is 1.87. The van der Waals surface area contributed by atoms with Crippen LogP contribution in [0.2, 0.25) is 5.02 Å². The van der Waals surface area contributed by atoms with Crippen molar-refractivity contribution in [3.63, 3.8) is 0 Å². The zero-order chi connectivity index (χ0) is 12.5. The summed E-state index contributed by atoms with van der Waals surface area (Å²) in [6.07, 6.45) is 4.01. The summed E-state index contributed by atoms with van der Waals surface area (Å²) in [4.78, 5) is 4.22. The molecule has 1 unspecified atom stereocenters. The van der Waals surface area contributed by atoms with Crippen molar-refractivity contribution in [3.05, 3.63) is 53.1 Å². The van der Waals surface area contributed by atoms with Crippen molar-refractivity contribution in [2.75, 3.05) is 0 Å². The second kappa shape index (κ2) is 4.51. The first-order valence-corrected chi connectivity index (χ1v) is 5.82. The number of hydrogen-bond acceptors (Lipinski definition) is 2. The molecule has 1 aromatic heterocycles. The molecule has 1 aromatic carbocycles. The van der Waals surface area contributed by atoms with E-state index in [1.165, 1.54) is 0 Å². The van der Waals surface area contributed by atoms with Crippen LogP contribution in [0.5, 0.6) is 0 Å². The molecule has 0 aliphatic heterocycles. The molecular formula is C13H15ClN2O. The van der Waals surface area contributed by atoms with Crippen LogP contribution < -0.4 is 0 Å². The number of aromatic nitrogens is 2. The molecule has 0 fully saturated rings. The zero-order valence-corrected chi connectivity index (χ0v) is 10.6. The lowest BCUT2D eigenvalue weighted by Gasteiger charge is -2.24. The van der Waals surface area contributed by atoms with Gasteiger partial charge < -0.3 is 9.67 Å². The average Bonchev–Trinajstić information content (AvgIpc) is 2.64. The summed E-state index contributed by atoms with van der Waals surface area (Å²) < 4.78 is 1.89. The molecule has 0 aliphatic carbocycles. The fourth-order valence-corrected chi connectivity index (χ4v) is 2.21. The Kier molecular flexibility index (Phi) is 3.22. The van der Waals surface area contributed by atoms with Crippen LogP contribution in [0.4, 0.5) is 0 Å². The summed E-state index contributed by atoms with van der Waals surface area (Å²) in [6.45, 7) is 1.75. The molecule has 0 radical (unpaired) electrons. The Hall–Kier alpha value is -1.32. The maximum Gasteiger partial charge on any atom is 0.111 e. The molecule has 0 saturated carbocycles. The molecule has 1 heterocycles. The molecule has 1 atom stereocenters. The Bertz CT molecular complexity index is 520. The third kappa shape index (κ3) is 2.51. The molecule has 2 aromatic rings. The Morgan fingerprint density at radius 3 is 2.71 bits per heavy atom. The molecule has 0 saturated heterocycles. The fraction of sp³-hybridized carbons (Fsp3) is 0.308. The molecule has 0 aliphatic rings. The Labute approximate surface area is 106 Å². The maximum atomic E-state index is 10.5. The topological polar surface area (TPSA) is 38.0 Å². The summed E-state index contributed by atoms with van der Waals surface area (Å²) >= 11 is 6.10. The number of imidazole rings is 1. The van der Waals surface area contributed by atoms with Gasteiger partial charge in [0.25, 0.3) is 0 Å². The summed E-state index contributed by atoms with van der Waals surface area (Å²) in [5.41, 5.74) is -0.290. The highest BCUT2D eigenvalue weighted by molar-refractivity contribution is 6.31. The first kappa shape index (κ1) is 12.1. The Morgan fingerprint density at radius 2 is 2.12 bits per heavy atom. The highest BCUT2D eigenvalue weighted by Gasteiger charge is 2.27. The van der Waals surface area contributed by atoms with E-state index < -0.39 is 5.60 Å². The monoisotopic (exact) mass is 250 g/mol. The largest absolute Gasteiger partial charge is 0.385 e. The standard InChI is InChI=1S/C13H15ClN2O/c1-13(17,9-12-15-7-8-16(12)2)10-5-3-4-6-11(10)14/h3-8,17H,9H2,1-2H3. The van der Waals surface area contributed by atoms with Crippen molar-refractivity contribution in [3.8, 4) is 0 Å². The number of halogens is 1. The van der Waals surface area contributed by atoms with Crippen molar-refractivity contribution < 1.29 is 5.11 Å². The summed E-state index contributed by atoms with van der Waals surface area (Å²) in [5, 5.41) is 11.1. The van der Waals surface area contributed by atoms with E-state index in [-0.39, 0.29) is 0 Å². The quantitative estimate of drug-likeness (QED) is 0.909. The maximum absolute atomic E-state index is 10.5. The average molecular weight is 251 g/mol. The number of rotatable bonds is 3. The molecule has 1 N–H and O–H groups in total. The van der Waals surface area contributed by atoms with E-state index in [2.05, 4.69) is 4.98 Å². The van der Waals surface area contributed by atoms with E-state index >= 15 is 0 Å². The van der Waals surface area contributed by atoms with Crippen molar-refractivity contribution in [1.82, 2.24) is 9.55 Å². The van der Waals surface area contributed by atoms with Gasteiger partial charge in [0.05, 0.1) is 5.60 Å². The van der Waals surface area contributed by atoms with Crippen LogP contribution >= 0.6 is 11.6 Å². The number of hydrogen-bond donors (Lipinski definition) is 1. The van der Waals surface area contributed by atoms with Crippen molar-refractivity contribution in [2.45, 2.75) is 18.9 Å². The van der Waals surface area contributed by atoms with E-state index in [1.54, 1.807) is 19.2 Å². The van der Waals surface area contributed by atoms with E-state index in [4.69, 9.17) is 11.6 Å². The lowest BCUT2D eigenvalue weighted by Crippen LogP contribution is -2.26. The van der Waals surface area contributed by atoms with E-state index in [0.29, 0.717) is 11.4 Å². The molecule has 0 amide bonds. The van der Waals surface area contributed by atoms with E-state index in [1.807, 2.05) is 36.0 Å². The van der Waals surface area contributed by atoms with Crippen molar-refractivity contribution >= 4 is 11.6 Å². The highest BCUT2D eigenvalue weighted by Crippen LogP contribution is 2.30. The predicted molar refractivity (Wildman–Crippen MR) is 67.9 cm³/mol. The molecular weight excluding hydrogens is 236 g/mol. The van der Waals surface area contributed by atoms with Crippen LogP contribution in [0.15, 0.2) is 36.7 Å². The zero-order valence-electron chi connectivity index (χ0n) is 9.89. The van der Waals surface area contributed by atoms with Gasteiger partial charge in [-0.15, -0.1) is 0 Å². The second-order valence-corrected chi connectivity index (χ2v) is 4.79. The Balaban J connectivity index is 2.31. The molecule has 2 rings (SSSR count). The lowest BCUT2D eigenvalue weighted by molar-refractivity contribution is 0.0549. The van der Waals surface area contributed by atoms with Crippen LogP contribution in [-0.4, -0.2) is 14.7 Å². The van der Waals surface area contributed by atoms with Gasteiger partial charge in [-0.1, -0.05) is 29.8 Å². The van der Waals surface area contributed by atoms with Gasteiger partial charge in [0.15, 0.2) is 0 Å². The highest BCUT2D eigenvalue weighted by atomic mass is 35.5. The van der Waals surface area contributed by atoms with Gasteiger partial charge in [0.2, 0.25) is 0 Å². The van der Waals surface area contributed by atoms with Gasteiger partial charge in [-0.2, -0.15) is 0 Å². The number of aryl methyl sites for hydroxylation is 1. The minimum atomic E-state index is -1.02. The lowest BCUT2D eigenvalue weighted by atomic mass is 9.92.